The first-order chi connectivity index (χ1) is 5.15. The maximum atomic E-state index is 10.9. The summed E-state index contributed by atoms with van der Waals surface area (Å²) in [4.78, 5) is 15.3. The topological polar surface area (TPSA) is 39.2 Å². The Morgan fingerprint density at radius 2 is 2.36 bits per heavy atom. The van der Waals surface area contributed by atoms with Crippen LogP contribution < -0.4 is 0 Å². The Labute approximate surface area is 73.0 Å². The van der Waals surface area contributed by atoms with Crippen LogP contribution in [0.15, 0.2) is 0 Å². The van der Waals surface area contributed by atoms with Crippen LogP contribution in [0, 0.1) is 6.92 Å². The zero-order valence-corrected chi connectivity index (χ0v) is 7.62. The van der Waals surface area contributed by atoms with E-state index in [0.29, 0.717) is 15.0 Å². The van der Waals surface area contributed by atoms with Crippen LogP contribution >= 0.6 is 22.9 Å². The van der Waals surface area contributed by atoms with Gasteiger partial charge in [-0.1, -0.05) is 22.9 Å². The second-order valence-corrected chi connectivity index (χ2v) is 3.45. The van der Waals surface area contributed by atoms with Crippen molar-refractivity contribution in [2.75, 3.05) is 7.11 Å². The quantitative estimate of drug-likeness (QED) is 0.637. The summed E-state index contributed by atoms with van der Waals surface area (Å²) in [6.45, 7) is 1.72. The Balaban J connectivity index is 3.03. The van der Waals surface area contributed by atoms with Crippen molar-refractivity contribution in [3.8, 4) is 0 Å². The van der Waals surface area contributed by atoms with Gasteiger partial charge in [0.25, 0.3) is 0 Å². The van der Waals surface area contributed by atoms with Crippen LogP contribution in [-0.2, 0) is 4.74 Å². The highest BCUT2D eigenvalue weighted by atomic mass is 35.5. The summed E-state index contributed by atoms with van der Waals surface area (Å²) in [5.74, 6) is -0.383. The number of thiazole rings is 1. The summed E-state index contributed by atoms with van der Waals surface area (Å²) in [5, 5.41) is 0. The van der Waals surface area contributed by atoms with Gasteiger partial charge in [-0.2, -0.15) is 0 Å². The molecular weight excluding hydrogens is 186 g/mol. The van der Waals surface area contributed by atoms with Crippen LogP contribution in [0.4, 0.5) is 0 Å². The molecule has 3 nitrogen and oxygen atoms in total. The van der Waals surface area contributed by atoms with E-state index in [0.717, 1.165) is 11.3 Å². The number of hydrogen-bond acceptors (Lipinski definition) is 4. The number of carbonyl (C=O) groups is 1. The number of esters is 1. The standard InChI is InChI=1S/C6H6ClNO2S/c1-3-4(5(9)10-2)11-6(7)8-3/h1-2H3. The van der Waals surface area contributed by atoms with Crippen LogP contribution in [0.25, 0.3) is 0 Å². The van der Waals surface area contributed by atoms with Crippen LogP contribution in [0.5, 0.6) is 0 Å². The Hall–Kier alpha value is -0.610. The van der Waals surface area contributed by atoms with Gasteiger partial charge in [0.05, 0.1) is 12.8 Å². The van der Waals surface area contributed by atoms with Gasteiger partial charge in [-0.25, -0.2) is 9.78 Å². The molecule has 1 rings (SSSR count). The van der Waals surface area contributed by atoms with E-state index in [4.69, 9.17) is 11.6 Å². The summed E-state index contributed by atoms with van der Waals surface area (Å²) in [6.07, 6.45) is 0. The van der Waals surface area contributed by atoms with Crippen LogP contribution in [0.1, 0.15) is 15.4 Å². The highest BCUT2D eigenvalue weighted by Gasteiger charge is 2.13. The highest BCUT2D eigenvalue weighted by Crippen LogP contribution is 2.22. The fourth-order valence-corrected chi connectivity index (χ4v) is 1.71. The molecule has 60 valence electrons. The molecule has 1 aromatic heterocycles. The normalized spacial score (nSPS) is 9.73. The number of ether oxygens (including phenoxy) is 1. The SMILES string of the molecule is COC(=O)c1sc(Cl)nc1C. The minimum Gasteiger partial charge on any atom is -0.465 e. The third-order valence-corrected chi connectivity index (χ3v) is 2.38. The van der Waals surface area contributed by atoms with Crippen molar-refractivity contribution in [2.45, 2.75) is 6.92 Å². The van der Waals surface area contributed by atoms with Crippen molar-refractivity contribution < 1.29 is 9.53 Å². The van der Waals surface area contributed by atoms with E-state index < -0.39 is 0 Å². The smallest absolute Gasteiger partial charge is 0.350 e. The third-order valence-electron chi connectivity index (χ3n) is 1.14. The van der Waals surface area contributed by atoms with Gasteiger partial charge in [0, 0.05) is 0 Å². The number of nitrogens with zero attached hydrogens (tertiary/aromatic N) is 1. The largest absolute Gasteiger partial charge is 0.465 e. The van der Waals surface area contributed by atoms with E-state index in [9.17, 15) is 4.79 Å². The molecule has 5 heteroatoms. The summed E-state index contributed by atoms with van der Waals surface area (Å²) in [7, 11) is 1.33. The Kier molecular flexibility index (Phi) is 2.46. The molecule has 0 fully saturated rings. The van der Waals surface area contributed by atoms with E-state index in [2.05, 4.69) is 9.72 Å². The van der Waals surface area contributed by atoms with Crippen LogP contribution in [0.3, 0.4) is 0 Å². The van der Waals surface area contributed by atoms with Gasteiger partial charge in [-0.05, 0) is 6.92 Å². The summed E-state index contributed by atoms with van der Waals surface area (Å²) in [6, 6.07) is 0. The van der Waals surface area contributed by atoms with Gasteiger partial charge in [0.2, 0.25) is 0 Å². The summed E-state index contributed by atoms with van der Waals surface area (Å²) in [5.41, 5.74) is 0.617. The van der Waals surface area contributed by atoms with E-state index in [1.54, 1.807) is 6.92 Å². The molecule has 0 radical (unpaired) electrons. The lowest BCUT2D eigenvalue weighted by atomic mass is 10.4. The Morgan fingerprint density at radius 1 is 1.73 bits per heavy atom. The molecule has 1 aromatic rings. The highest BCUT2D eigenvalue weighted by molar-refractivity contribution is 7.17. The third kappa shape index (κ3) is 1.70. The van der Waals surface area contributed by atoms with Crippen molar-refractivity contribution in [3.63, 3.8) is 0 Å². The van der Waals surface area contributed by atoms with Gasteiger partial charge in [0.15, 0.2) is 4.47 Å². The molecule has 0 saturated heterocycles. The lowest BCUT2D eigenvalue weighted by Gasteiger charge is -1.92. The van der Waals surface area contributed by atoms with E-state index in [1.807, 2.05) is 0 Å². The predicted octanol–water partition coefficient (Wildman–Crippen LogP) is 1.89. The average Bonchev–Trinajstić information content (AvgIpc) is 2.28. The van der Waals surface area contributed by atoms with Crippen LogP contribution in [-0.4, -0.2) is 18.1 Å². The Bertz CT molecular complexity index is 284. The molecule has 0 aliphatic rings. The maximum Gasteiger partial charge on any atom is 0.350 e. The monoisotopic (exact) mass is 191 g/mol. The Morgan fingerprint density at radius 3 is 2.73 bits per heavy atom. The lowest BCUT2D eigenvalue weighted by molar-refractivity contribution is 0.0605. The number of aromatic nitrogens is 1. The number of methoxy groups -OCH3 is 1. The van der Waals surface area contributed by atoms with E-state index in [1.165, 1.54) is 7.11 Å². The number of halogens is 1. The minimum atomic E-state index is -0.383. The van der Waals surface area contributed by atoms with Crippen molar-refractivity contribution >= 4 is 28.9 Å². The minimum absolute atomic E-state index is 0.364. The zero-order valence-electron chi connectivity index (χ0n) is 6.05. The molecule has 0 unspecified atom stereocenters. The van der Waals surface area contributed by atoms with Crippen molar-refractivity contribution in [3.05, 3.63) is 15.0 Å². The number of rotatable bonds is 1. The maximum absolute atomic E-state index is 10.9. The number of carbonyl (C=O) groups excluding carboxylic acids is 1. The molecule has 0 N–H and O–H groups in total. The molecule has 1 heterocycles. The second kappa shape index (κ2) is 3.19. The first-order valence-corrected chi connectivity index (χ1v) is 4.06. The first kappa shape index (κ1) is 8.49. The molecule has 0 atom stereocenters. The van der Waals surface area contributed by atoms with Gasteiger partial charge < -0.3 is 4.74 Å². The fourth-order valence-electron chi connectivity index (χ4n) is 0.646. The van der Waals surface area contributed by atoms with Gasteiger partial charge >= 0.3 is 5.97 Å². The van der Waals surface area contributed by atoms with Crippen LogP contribution in [0.2, 0.25) is 4.47 Å². The number of hydrogen-bond donors (Lipinski definition) is 0. The number of aryl methyl sites for hydroxylation is 1. The van der Waals surface area contributed by atoms with Gasteiger partial charge in [-0.3, -0.25) is 0 Å². The first-order valence-electron chi connectivity index (χ1n) is 2.86. The average molecular weight is 192 g/mol. The fraction of sp³-hybridized carbons (Fsp3) is 0.333. The molecule has 0 aliphatic carbocycles. The molecule has 11 heavy (non-hydrogen) atoms. The van der Waals surface area contributed by atoms with Crippen molar-refractivity contribution in [1.82, 2.24) is 4.98 Å². The van der Waals surface area contributed by atoms with E-state index >= 15 is 0 Å². The summed E-state index contributed by atoms with van der Waals surface area (Å²) >= 11 is 6.69. The lowest BCUT2D eigenvalue weighted by Crippen LogP contribution is -1.99. The van der Waals surface area contributed by atoms with Gasteiger partial charge in [0.1, 0.15) is 4.88 Å². The summed E-state index contributed by atoms with van der Waals surface area (Å²) < 4.78 is 4.87. The zero-order chi connectivity index (χ0) is 8.43. The molecule has 0 aromatic carbocycles. The second-order valence-electron chi connectivity index (χ2n) is 1.87. The molecular formula is C6H6ClNO2S. The van der Waals surface area contributed by atoms with E-state index in [-0.39, 0.29) is 5.97 Å². The van der Waals surface area contributed by atoms with Crippen molar-refractivity contribution in [1.29, 1.82) is 0 Å². The van der Waals surface area contributed by atoms with Gasteiger partial charge in [-0.15, -0.1) is 0 Å². The molecule has 0 saturated carbocycles. The molecule has 0 amide bonds. The molecule has 0 aliphatic heterocycles. The molecule has 0 bridgehead atoms. The predicted molar refractivity (Wildman–Crippen MR) is 43.2 cm³/mol. The molecule has 0 spiro atoms. The van der Waals surface area contributed by atoms with Crippen molar-refractivity contribution in [2.24, 2.45) is 0 Å².